The van der Waals surface area contributed by atoms with Gasteiger partial charge in [-0.25, -0.2) is 4.39 Å². The molecule has 1 aromatic rings. The van der Waals surface area contributed by atoms with E-state index in [-0.39, 0.29) is 6.42 Å². The molecule has 0 aliphatic carbocycles. The van der Waals surface area contributed by atoms with Gasteiger partial charge in [-0.15, -0.1) is 0 Å². The monoisotopic (exact) mass is 276 g/mol. The van der Waals surface area contributed by atoms with Crippen molar-refractivity contribution in [2.75, 3.05) is 13.6 Å². The van der Waals surface area contributed by atoms with Crippen molar-refractivity contribution in [2.45, 2.75) is 18.6 Å². The summed E-state index contributed by atoms with van der Waals surface area (Å²) in [6.07, 6.45) is -3.03. The van der Waals surface area contributed by atoms with E-state index < -0.39 is 40.0 Å². The van der Waals surface area contributed by atoms with E-state index in [1.54, 1.807) is 7.05 Å². The number of hydrogen-bond donors (Lipinski definition) is 3. The van der Waals surface area contributed by atoms with Gasteiger partial charge >= 0.3 is 5.69 Å². The molecule has 0 saturated heterocycles. The van der Waals surface area contributed by atoms with Gasteiger partial charge in [0, 0.05) is 6.07 Å². The summed E-state index contributed by atoms with van der Waals surface area (Å²) < 4.78 is 26.4. The molecule has 2 atom stereocenters. The van der Waals surface area contributed by atoms with Gasteiger partial charge in [0.05, 0.1) is 16.6 Å². The number of nitro groups is 1. The summed E-state index contributed by atoms with van der Waals surface area (Å²) in [4.78, 5) is 9.68. The highest BCUT2D eigenvalue weighted by atomic mass is 19.1. The summed E-state index contributed by atoms with van der Waals surface area (Å²) in [5.74, 6) is -2.45. The maximum absolute atomic E-state index is 13.4. The topological polar surface area (TPSA) is 95.6 Å². The minimum atomic E-state index is -1.74. The molecule has 0 aliphatic heterocycles. The fourth-order valence-corrected chi connectivity index (χ4v) is 1.66. The normalized spacial score (nSPS) is 14.2. The molecule has 8 heteroatoms. The molecule has 0 radical (unpaired) electrons. The average molecular weight is 276 g/mol. The van der Waals surface area contributed by atoms with E-state index in [0.29, 0.717) is 18.7 Å². The fourth-order valence-electron chi connectivity index (χ4n) is 1.66. The summed E-state index contributed by atoms with van der Waals surface area (Å²) in [7, 11) is 1.61. The Bertz CT molecular complexity index is 470. The molecule has 1 rings (SSSR count). The molecule has 0 aromatic heterocycles. The third-order valence-electron chi connectivity index (χ3n) is 2.61. The van der Waals surface area contributed by atoms with Gasteiger partial charge in [-0.05, 0) is 26.1 Å². The van der Waals surface area contributed by atoms with Gasteiger partial charge in [0.2, 0.25) is 5.82 Å². The zero-order valence-electron chi connectivity index (χ0n) is 10.1. The van der Waals surface area contributed by atoms with Crippen LogP contribution in [-0.2, 0) is 0 Å². The highest BCUT2D eigenvalue weighted by Crippen LogP contribution is 2.31. The zero-order valence-corrected chi connectivity index (χ0v) is 10.1. The van der Waals surface area contributed by atoms with Crippen LogP contribution in [0.2, 0.25) is 0 Å². The number of hydrogen-bond acceptors (Lipinski definition) is 5. The predicted octanol–water partition coefficient (Wildman–Crippen LogP) is 0.877. The Labute approximate surface area is 107 Å². The van der Waals surface area contributed by atoms with E-state index >= 15 is 0 Å². The Morgan fingerprint density at radius 1 is 1.42 bits per heavy atom. The maximum Gasteiger partial charge on any atom is 0.310 e. The lowest BCUT2D eigenvalue weighted by Crippen LogP contribution is -2.24. The van der Waals surface area contributed by atoms with Crippen LogP contribution >= 0.6 is 0 Å². The van der Waals surface area contributed by atoms with Crippen molar-refractivity contribution in [3.8, 4) is 0 Å². The Hall–Kier alpha value is -1.64. The summed E-state index contributed by atoms with van der Waals surface area (Å²) in [5, 5.41) is 32.9. The summed E-state index contributed by atoms with van der Waals surface area (Å²) >= 11 is 0. The molecule has 3 N–H and O–H groups in total. The van der Waals surface area contributed by atoms with Crippen molar-refractivity contribution in [3.05, 3.63) is 39.4 Å². The lowest BCUT2D eigenvalue weighted by molar-refractivity contribution is -0.389. The lowest BCUT2D eigenvalue weighted by atomic mass is 10.00. The molecule has 19 heavy (non-hydrogen) atoms. The third-order valence-corrected chi connectivity index (χ3v) is 2.61. The Morgan fingerprint density at radius 2 is 2.05 bits per heavy atom. The van der Waals surface area contributed by atoms with Crippen LogP contribution in [0.25, 0.3) is 0 Å². The molecular formula is C11H14F2N2O4. The number of nitrogens with one attached hydrogen (secondary N) is 1. The van der Waals surface area contributed by atoms with Gasteiger partial charge in [0.1, 0.15) is 11.9 Å². The van der Waals surface area contributed by atoms with Crippen molar-refractivity contribution in [3.63, 3.8) is 0 Å². The minimum absolute atomic E-state index is 0.0763. The zero-order chi connectivity index (χ0) is 14.6. The Morgan fingerprint density at radius 3 is 2.58 bits per heavy atom. The highest BCUT2D eigenvalue weighted by Gasteiger charge is 2.30. The molecule has 0 saturated carbocycles. The number of nitrogens with zero attached hydrogens (tertiary/aromatic N) is 1. The number of aliphatic hydroxyl groups excluding tert-OH is 2. The molecule has 0 amide bonds. The first kappa shape index (κ1) is 15.4. The van der Waals surface area contributed by atoms with Crippen LogP contribution in [0.3, 0.4) is 0 Å². The third kappa shape index (κ3) is 3.66. The highest BCUT2D eigenvalue weighted by molar-refractivity contribution is 5.43. The molecule has 6 nitrogen and oxygen atoms in total. The van der Waals surface area contributed by atoms with E-state index in [0.717, 1.165) is 0 Å². The van der Waals surface area contributed by atoms with Gasteiger partial charge in [-0.3, -0.25) is 10.1 Å². The van der Waals surface area contributed by atoms with Gasteiger partial charge in [0.15, 0.2) is 0 Å². The largest absolute Gasteiger partial charge is 0.390 e. The van der Waals surface area contributed by atoms with E-state index in [1.807, 2.05) is 0 Å². The molecule has 0 heterocycles. The molecule has 0 aliphatic rings. The van der Waals surface area contributed by atoms with E-state index in [1.165, 1.54) is 0 Å². The maximum atomic E-state index is 13.4. The van der Waals surface area contributed by atoms with Crippen LogP contribution in [0.15, 0.2) is 12.1 Å². The van der Waals surface area contributed by atoms with E-state index in [4.69, 9.17) is 0 Å². The molecule has 0 fully saturated rings. The van der Waals surface area contributed by atoms with Crippen LogP contribution in [0.4, 0.5) is 14.5 Å². The molecular weight excluding hydrogens is 262 g/mol. The fraction of sp³-hybridized carbons (Fsp3) is 0.455. The summed E-state index contributed by atoms with van der Waals surface area (Å²) in [6.45, 7) is 0.337. The quantitative estimate of drug-likeness (QED) is 0.529. The molecule has 0 bridgehead atoms. The molecule has 1 aromatic carbocycles. The van der Waals surface area contributed by atoms with Gasteiger partial charge in [-0.2, -0.15) is 4.39 Å². The predicted molar refractivity (Wildman–Crippen MR) is 62.5 cm³/mol. The van der Waals surface area contributed by atoms with Crippen LogP contribution < -0.4 is 5.32 Å². The number of nitro benzene ring substituents is 1. The van der Waals surface area contributed by atoms with Gasteiger partial charge < -0.3 is 15.5 Å². The lowest BCUT2D eigenvalue weighted by Gasteiger charge is -2.18. The van der Waals surface area contributed by atoms with Crippen molar-refractivity contribution >= 4 is 5.69 Å². The molecule has 2 unspecified atom stereocenters. The van der Waals surface area contributed by atoms with Gasteiger partial charge in [-0.1, -0.05) is 0 Å². The number of halogens is 2. The van der Waals surface area contributed by atoms with Crippen LogP contribution in [0.1, 0.15) is 18.1 Å². The summed E-state index contributed by atoms with van der Waals surface area (Å²) in [6, 6.07) is 1.00. The Balaban J connectivity index is 3.14. The Kier molecular flexibility index (Phi) is 5.28. The average Bonchev–Trinajstić information content (AvgIpc) is 2.33. The molecule has 0 spiro atoms. The van der Waals surface area contributed by atoms with E-state index in [2.05, 4.69) is 5.32 Å². The van der Waals surface area contributed by atoms with Gasteiger partial charge in [0.25, 0.3) is 0 Å². The van der Waals surface area contributed by atoms with Crippen molar-refractivity contribution in [2.24, 2.45) is 0 Å². The molecule has 106 valence electrons. The van der Waals surface area contributed by atoms with Crippen molar-refractivity contribution in [1.82, 2.24) is 5.32 Å². The SMILES string of the molecule is CNCCC(O)C(O)c1cc(F)cc(F)c1[N+](=O)[O-]. The second-order valence-electron chi connectivity index (χ2n) is 3.99. The van der Waals surface area contributed by atoms with Crippen LogP contribution in [0, 0.1) is 21.7 Å². The van der Waals surface area contributed by atoms with E-state index in [9.17, 15) is 29.1 Å². The minimum Gasteiger partial charge on any atom is -0.390 e. The number of rotatable bonds is 6. The van der Waals surface area contributed by atoms with Crippen LogP contribution in [-0.4, -0.2) is 34.8 Å². The van der Waals surface area contributed by atoms with Crippen LogP contribution in [0.5, 0.6) is 0 Å². The van der Waals surface area contributed by atoms with Crippen molar-refractivity contribution < 1.29 is 23.9 Å². The number of benzene rings is 1. The first-order valence-corrected chi connectivity index (χ1v) is 5.52. The first-order chi connectivity index (χ1) is 8.88. The number of aliphatic hydroxyl groups is 2. The second kappa shape index (κ2) is 6.50. The van der Waals surface area contributed by atoms with Crippen molar-refractivity contribution in [1.29, 1.82) is 0 Å². The second-order valence-corrected chi connectivity index (χ2v) is 3.99. The standard InChI is InChI=1S/C11H14F2N2O4/c1-14-3-2-9(16)11(17)7-4-6(12)5-8(13)10(7)15(18)19/h4-5,9,11,14,16-17H,2-3H2,1H3. The summed E-state index contributed by atoms with van der Waals surface area (Å²) in [5.41, 5.74) is -1.61. The smallest absolute Gasteiger partial charge is 0.310 e. The first-order valence-electron chi connectivity index (χ1n) is 5.52.